The van der Waals surface area contributed by atoms with Crippen LogP contribution in [0.15, 0.2) is 39.0 Å². The van der Waals surface area contributed by atoms with Crippen molar-refractivity contribution in [3.8, 4) is 0 Å². The zero-order valence-corrected chi connectivity index (χ0v) is 11.3. The molecule has 0 spiro atoms. The lowest BCUT2D eigenvalue weighted by atomic mass is 10.4. The number of aromatic nitrogens is 1. The van der Waals surface area contributed by atoms with Crippen LogP contribution in [0.5, 0.6) is 0 Å². The third kappa shape index (κ3) is 2.83. The second-order valence-electron chi connectivity index (χ2n) is 3.42. The second-order valence-corrected chi connectivity index (χ2v) is 5.89. The van der Waals surface area contributed by atoms with Gasteiger partial charge in [-0.05, 0) is 34.1 Å². The van der Waals surface area contributed by atoms with E-state index in [1.807, 2.05) is 6.07 Å². The Balaban J connectivity index is 2.18. The molecule has 0 fully saturated rings. The first-order chi connectivity index (χ1) is 8.06. The van der Waals surface area contributed by atoms with Crippen LogP contribution in [0.25, 0.3) is 0 Å². The first-order valence-electron chi connectivity index (χ1n) is 4.79. The minimum atomic E-state index is -0.181. The van der Waals surface area contributed by atoms with E-state index >= 15 is 0 Å². The van der Waals surface area contributed by atoms with Gasteiger partial charge in [-0.1, -0.05) is 0 Å². The molecule has 0 aliphatic carbocycles. The van der Waals surface area contributed by atoms with Gasteiger partial charge in [0.25, 0.3) is 5.91 Å². The van der Waals surface area contributed by atoms with E-state index in [2.05, 4.69) is 21.2 Å². The number of hydrogen-bond acceptors (Lipinski definition) is 3. The van der Waals surface area contributed by atoms with Gasteiger partial charge in [-0.3, -0.25) is 9.59 Å². The fraction of sp³-hybridized carbons (Fsp3) is 0.0909. The summed E-state index contributed by atoms with van der Waals surface area (Å²) < 4.78 is 2.32. The standard InChI is InChI=1S/C11H9BrN2O2S/c1-14-6-7(2-5-10(14)15)13-11(16)8-3-4-9(12)17-8/h2-6H,1H3,(H,13,16). The Morgan fingerprint density at radius 1 is 1.35 bits per heavy atom. The molecule has 17 heavy (non-hydrogen) atoms. The molecule has 0 unspecified atom stereocenters. The van der Waals surface area contributed by atoms with E-state index in [0.717, 1.165) is 3.79 Å². The molecule has 6 heteroatoms. The van der Waals surface area contributed by atoms with Gasteiger partial charge in [0.05, 0.1) is 14.4 Å². The molecule has 2 rings (SSSR count). The van der Waals surface area contributed by atoms with Crippen LogP contribution in [-0.4, -0.2) is 10.5 Å². The lowest BCUT2D eigenvalue weighted by molar-refractivity contribution is 0.103. The molecule has 2 aromatic heterocycles. The van der Waals surface area contributed by atoms with Gasteiger partial charge in [0.15, 0.2) is 0 Å². The van der Waals surface area contributed by atoms with Gasteiger partial charge in [-0.25, -0.2) is 0 Å². The lowest BCUT2D eigenvalue weighted by Gasteiger charge is -2.04. The number of nitrogens with zero attached hydrogens (tertiary/aromatic N) is 1. The Morgan fingerprint density at radius 2 is 2.12 bits per heavy atom. The molecular formula is C11H9BrN2O2S. The molecule has 0 bridgehead atoms. The number of nitrogens with one attached hydrogen (secondary N) is 1. The SMILES string of the molecule is Cn1cc(NC(=O)c2ccc(Br)s2)ccc1=O. The van der Waals surface area contributed by atoms with Gasteiger partial charge in [0.1, 0.15) is 0 Å². The number of carbonyl (C=O) groups is 1. The average molecular weight is 313 g/mol. The molecule has 0 saturated heterocycles. The number of thiophene rings is 1. The molecule has 0 aliphatic rings. The Kier molecular flexibility index (Phi) is 3.44. The fourth-order valence-corrected chi connectivity index (χ4v) is 2.58. The van der Waals surface area contributed by atoms with E-state index in [4.69, 9.17) is 0 Å². The highest BCUT2D eigenvalue weighted by Crippen LogP contribution is 2.22. The zero-order chi connectivity index (χ0) is 12.4. The normalized spacial score (nSPS) is 10.2. The van der Waals surface area contributed by atoms with E-state index in [9.17, 15) is 9.59 Å². The van der Waals surface area contributed by atoms with Crippen LogP contribution in [0.4, 0.5) is 5.69 Å². The first kappa shape index (κ1) is 12.1. The fourth-order valence-electron chi connectivity index (χ4n) is 1.30. The molecule has 0 aromatic carbocycles. The van der Waals surface area contributed by atoms with Gasteiger partial charge in [0, 0.05) is 19.3 Å². The number of rotatable bonds is 2. The molecule has 1 N–H and O–H groups in total. The van der Waals surface area contributed by atoms with Crippen molar-refractivity contribution in [3.63, 3.8) is 0 Å². The van der Waals surface area contributed by atoms with Crippen molar-refractivity contribution in [2.24, 2.45) is 7.05 Å². The summed E-state index contributed by atoms with van der Waals surface area (Å²) in [5, 5.41) is 2.73. The van der Waals surface area contributed by atoms with E-state index in [0.29, 0.717) is 10.6 Å². The van der Waals surface area contributed by atoms with Gasteiger partial charge in [-0.15, -0.1) is 11.3 Å². The Morgan fingerprint density at radius 3 is 2.71 bits per heavy atom. The van der Waals surface area contributed by atoms with E-state index in [-0.39, 0.29) is 11.5 Å². The van der Waals surface area contributed by atoms with Crippen LogP contribution < -0.4 is 10.9 Å². The predicted molar refractivity (Wildman–Crippen MR) is 71.7 cm³/mol. The van der Waals surface area contributed by atoms with Crippen LogP contribution in [0, 0.1) is 0 Å². The van der Waals surface area contributed by atoms with Crippen molar-refractivity contribution in [2.75, 3.05) is 5.32 Å². The largest absolute Gasteiger partial charge is 0.320 e. The molecule has 2 heterocycles. The highest BCUT2D eigenvalue weighted by molar-refractivity contribution is 9.11. The summed E-state index contributed by atoms with van der Waals surface area (Å²) in [5.74, 6) is -0.181. The van der Waals surface area contributed by atoms with Crippen LogP contribution in [0.2, 0.25) is 0 Å². The monoisotopic (exact) mass is 312 g/mol. The van der Waals surface area contributed by atoms with Crippen molar-refractivity contribution in [1.82, 2.24) is 4.57 Å². The third-order valence-electron chi connectivity index (χ3n) is 2.14. The van der Waals surface area contributed by atoms with Crippen molar-refractivity contribution >= 4 is 38.9 Å². The lowest BCUT2D eigenvalue weighted by Crippen LogP contribution is -2.17. The summed E-state index contributed by atoms with van der Waals surface area (Å²) in [5.41, 5.74) is 0.489. The summed E-state index contributed by atoms with van der Waals surface area (Å²) in [6.45, 7) is 0. The van der Waals surface area contributed by atoms with Gasteiger partial charge in [0.2, 0.25) is 5.56 Å². The summed E-state index contributed by atoms with van der Waals surface area (Å²) in [6, 6.07) is 6.56. The van der Waals surface area contributed by atoms with Gasteiger partial charge >= 0.3 is 0 Å². The second kappa shape index (κ2) is 4.85. The number of aryl methyl sites for hydroxylation is 1. The summed E-state index contributed by atoms with van der Waals surface area (Å²) in [4.78, 5) is 23.6. The van der Waals surface area contributed by atoms with Crippen molar-refractivity contribution in [2.45, 2.75) is 0 Å². The van der Waals surface area contributed by atoms with Crippen LogP contribution in [-0.2, 0) is 7.05 Å². The summed E-state index contributed by atoms with van der Waals surface area (Å²) in [6.07, 6.45) is 1.59. The minimum absolute atomic E-state index is 0.109. The van der Waals surface area contributed by atoms with Crippen LogP contribution in [0.1, 0.15) is 9.67 Å². The number of carbonyl (C=O) groups excluding carboxylic acids is 1. The highest BCUT2D eigenvalue weighted by Gasteiger charge is 2.08. The predicted octanol–water partition coefficient (Wildman–Crippen LogP) is 2.46. The minimum Gasteiger partial charge on any atom is -0.320 e. The van der Waals surface area contributed by atoms with E-state index in [1.165, 1.54) is 22.0 Å². The number of halogens is 1. The Bertz CT molecular complexity index is 618. The molecule has 4 nitrogen and oxygen atoms in total. The smallest absolute Gasteiger partial charge is 0.265 e. The molecule has 1 amide bonds. The van der Waals surface area contributed by atoms with Crippen molar-refractivity contribution in [3.05, 3.63) is 49.5 Å². The maximum atomic E-state index is 11.8. The molecule has 2 aromatic rings. The van der Waals surface area contributed by atoms with E-state index < -0.39 is 0 Å². The Labute approximate surface area is 110 Å². The van der Waals surface area contributed by atoms with Gasteiger partial charge in [-0.2, -0.15) is 0 Å². The topological polar surface area (TPSA) is 51.1 Å². The maximum Gasteiger partial charge on any atom is 0.265 e. The molecule has 88 valence electrons. The molecule has 0 atom stereocenters. The third-order valence-corrected chi connectivity index (χ3v) is 3.76. The van der Waals surface area contributed by atoms with Crippen LogP contribution in [0.3, 0.4) is 0 Å². The highest BCUT2D eigenvalue weighted by atomic mass is 79.9. The molecule has 0 radical (unpaired) electrons. The quantitative estimate of drug-likeness (QED) is 0.926. The van der Waals surface area contributed by atoms with Crippen LogP contribution >= 0.6 is 27.3 Å². The number of amides is 1. The molecule has 0 aliphatic heterocycles. The zero-order valence-electron chi connectivity index (χ0n) is 8.94. The van der Waals surface area contributed by atoms with Gasteiger partial charge < -0.3 is 9.88 Å². The average Bonchev–Trinajstić information content (AvgIpc) is 2.70. The molecule has 0 saturated carbocycles. The molecular weight excluding hydrogens is 304 g/mol. The number of anilines is 1. The van der Waals surface area contributed by atoms with E-state index in [1.54, 1.807) is 25.4 Å². The van der Waals surface area contributed by atoms with Crippen molar-refractivity contribution in [1.29, 1.82) is 0 Å². The number of pyridine rings is 1. The Hall–Kier alpha value is -1.40. The summed E-state index contributed by atoms with van der Waals surface area (Å²) >= 11 is 4.66. The number of hydrogen-bond donors (Lipinski definition) is 1. The van der Waals surface area contributed by atoms with Crippen molar-refractivity contribution < 1.29 is 4.79 Å². The first-order valence-corrected chi connectivity index (χ1v) is 6.40. The maximum absolute atomic E-state index is 11.8. The summed E-state index contributed by atoms with van der Waals surface area (Å²) in [7, 11) is 1.64.